The van der Waals surface area contributed by atoms with Crippen LogP contribution < -0.4 is 0 Å². The fraction of sp³-hybridized carbons (Fsp3) is 0. The van der Waals surface area contributed by atoms with Crippen molar-refractivity contribution in [3.8, 4) is 0 Å². The second-order valence-electron chi connectivity index (χ2n) is 4.04. The summed E-state index contributed by atoms with van der Waals surface area (Å²) < 4.78 is 0. The molecule has 180 valence electrons. The van der Waals surface area contributed by atoms with Crippen molar-refractivity contribution >= 4 is 47.8 Å². The van der Waals surface area contributed by atoms with Crippen LogP contribution in [0, 0.1) is 41.7 Å². The second-order valence-corrected chi connectivity index (χ2v) is 4.04. The van der Waals surface area contributed by atoms with Crippen molar-refractivity contribution in [1.82, 2.24) is 0 Å². The molecule has 0 aromatic heterocycles. The van der Waals surface area contributed by atoms with Gasteiger partial charge in [-0.3, -0.25) is 0 Å². The summed E-state index contributed by atoms with van der Waals surface area (Å²) in [6.45, 7) is 0. The zero-order valence-corrected chi connectivity index (χ0v) is 19.1. The number of carboxylic acids is 8. The molecule has 0 amide bonds. The predicted molar refractivity (Wildman–Crippen MR) is 97.6 cm³/mol. The van der Waals surface area contributed by atoms with E-state index < -0.39 is 47.8 Å². The normalized spacial score (nSPS) is 9.21. The summed E-state index contributed by atoms with van der Waals surface area (Å²) in [5, 5.41) is 62.5. The van der Waals surface area contributed by atoms with E-state index in [2.05, 4.69) is 0 Å². The van der Waals surface area contributed by atoms with Gasteiger partial charge in [0, 0.05) is 90.4 Å². The van der Waals surface area contributed by atoms with Gasteiger partial charge in [0.05, 0.1) is 0 Å². The molecule has 0 atom stereocenters. The largest absolute Gasteiger partial charge is 0.478 e. The maximum atomic E-state index is 9.55. The van der Waals surface area contributed by atoms with E-state index in [0.29, 0.717) is 48.6 Å². The molecule has 17 heteroatoms. The van der Waals surface area contributed by atoms with Gasteiger partial charge in [-0.1, -0.05) is 0 Å². The number of carbonyl (C=O) groups is 8. The SMILES string of the molecule is O=C(O)C=CC(=O)O.O=C(O)C=CC(=O)O.O=C(O)C=CC(=O)O.O=C(O)C=CC(=O)O.[Ce]. The van der Waals surface area contributed by atoms with Gasteiger partial charge in [-0.2, -0.15) is 0 Å². The van der Waals surface area contributed by atoms with E-state index in [1.165, 1.54) is 0 Å². The third-order valence-electron chi connectivity index (χ3n) is 1.47. The Balaban J connectivity index is -0.000000105. The average molecular weight is 604 g/mol. The molecule has 16 nitrogen and oxygen atoms in total. The molecule has 0 aliphatic carbocycles. The van der Waals surface area contributed by atoms with Gasteiger partial charge in [-0.05, 0) is 0 Å². The predicted octanol–water partition coefficient (Wildman–Crippen LogP) is -1.15. The van der Waals surface area contributed by atoms with Crippen molar-refractivity contribution in [2.75, 3.05) is 0 Å². The molecule has 0 heterocycles. The first kappa shape index (κ1) is 39.6. The number of carboxylic acid groups (broad SMARTS) is 8. The van der Waals surface area contributed by atoms with Crippen LogP contribution in [0.4, 0.5) is 0 Å². The number of rotatable bonds is 8. The van der Waals surface area contributed by atoms with E-state index in [0.717, 1.165) is 0 Å². The summed E-state index contributed by atoms with van der Waals surface area (Å²) in [6, 6.07) is 0. The van der Waals surface area contributed by atoms with Crippen molar-refractivity contribution in [2.45, 2.75) is 0 Å². The Kier molecular flexibility index (Phi) is 31.3. The molecular formula is C16H16CeO16. The van der Waals surface area contributed by atoms with Gasteiger partial charge in [0.1, 0.15) is 0 Å². The summed E-state index contributed by atoms with van der Waals surface area (Å²) in [7, 11) is 0. The van der Waals surface area contributed by atoms with Crippen LogP contribution in [-0.2, 0) is 38.4 Å². The second kappa shape index (κ2) is 26.1. The van der Waals surface area contributed by atoms with Crippen LogP contribution in [0.1, 0.15) is 0 Å². The Morgan fingerprint density at radius 3 is 0.364 bits per heavy atom. The number of aliphatic carboxylic acids is 8. The Labute approximate surface area is 216 Å². The molecule has 0 aliphatic rings. The minimum atomic E-state index is -1.26. The van der Waals surface area contributed by atoms with Crippen LogP contribution in [0.15, 0.2) is 48.6 Å². The summed E-state index contributed by atoms with van der Waals surface area (Å²) in [5.41, 5.74) is 0. The molecule has 0 radical (unpaired) electrons. The Morgan fingerprint density at radius 1 is 0.273 bits per heavy atom. The average Bonchev–Trinajstić information content (AvgIpc) is 2.63. The van der Waals surface area contributed by atoms with Crippen LogP contribution >= 0.6 is 0 Å². The number of hydrogen-bond acceptors (Lipinski definition) is 8. The molecule has 0 aromatic rings. The minimum Gasteiger partial charge on any atom is -0.478 e. The van der Waals surface area contributed by atoms with E-state index in [4.69, 9.17) is 40.9 Å². The molecule has 0 rings (SSSR count). The van der Waals surface area contributed by atoms with Gasteiger partial charge in [0.15, 0.2) is 0 Å². The zero-order valence-electron chi connectivity index (χ0n) is 16.0. The third-order valence-corrected chi connectivity index (χ3v) is 1.47. The molecule has 33 heavy (non-hydrogen) atoms. The van der Waals surface area contributed by atoms with E-state index in [1.54, 1.807) is 0 Å². The Morgan fingerprint density at radius 2 is 0.333 bits per heavy atom. The topological polar surface area (TPSA) is 298 Å². The van der Waals surface area contributed by atoms with E-state index in [9.17, 15) is 38.4 Å². The first-order valence-electron chi connectivity index (χ1n) is 7.06. The molecule has 0 spiro atoms. The summed E-state index contributed by atoms with van der Waals surface area (Å²) in [6.07, 6.45) is 4.46. The van der Waals surface area contributed by atoms with E-state index in [1.807, 2.05) is 0 Å². The standard InChI is InChI=1S/4C4H4O4.Ce/c4*5-3(6)1-2-4(7)8;/h4*1-2H,(H,5,6)(H,7,8);. The molecule has 8 N–H and O–H groups in total. The van der Waals surface area contributed by atoms with Crippen molar-refractivity contribution in [2.24, 2.45) is 0 Å². The van der Waals surface area contributed by atoms with Crippen LogP contribution in [0.3, 0.4) is 0 Å². The van der Waals surface area contributed by atoms with Gasteiger partial charge in [-0.15, -0.1) is 0 Å². The van der Waals surface area contributed by atoms with E-state index in [-0.39, 0.29) is 41.7 Å². The fourth-order valence-corrected chi connectivity index (χ4v) is 0.570. The van der Waals surface area contributed by atoms with Crippen LogP contribution in [0.2, 0.25) is 0 Å². The minimum absolute atomic E-state index is 0. The maximum Gasteiger partial charge on any atom is 0.328 e. The van der Waals surface area contributed by atoms with E-state index >= 15 is 0 Å². The molecule has 0 bridgehead atoms. The van der Waals surface area contributed by atoms with Crippen LogP contribution in [-0.4, -0.2) is 88.6 Å². The van der Waals surface area contributed by atoms with Crippen molar-refractivity contribution in [3.63, 3.8) is 0 Å². The summed E-state index contributed by atoms with van der Waals surface area (Å²) in [5.74, 6) is -10.1. The third kappa shape index (κ3) is 73.9. The van der Waals surface area contributed by atoms with Gasteiger partial charge in [0.25, 0.3) is 0 Å². The van der Waals surface area contributed by atoms with Crippen LogP contribution in [0.5, 0.6) is 0 Å². The summed E-state index contributed by atoms with van der Waals surface area (Å²) in [4.78, 5) is 76.4. The maximum absolute atomic E-state index is 9.55. The first-order chi connectivity index (χ1) is 14.5. The summed E-state index contributed by atoms with van der Waals surface area (Å²) >= 11 is 0. The fourth-order valence-electron chi connectivity index (χ4n) is 0.570. The molecule has 0 aliphatic heterocycles. The molecule has 0 aromatic carbocycles. The Bertz CT molecular complexity index is 618. The molecular weight excluding hydrogens is 588 g/mol. The molecule has 0 fully saturated rings. The van der Waals surface area contributed by atoms with Crippen molar-refractivity contribution < 1.29 is 121 Å². The van der Waals surface area contributed by atoms with Gasteiger partial charge in [0.2, 0.25) is 0 Å². The number of hydrogen-bond donors (Lipinski definition) is 8. The molecule has 0 unspecified atom stereocenters. The Hall–Kier alpha value is -3.90. The van der Waals surface area contributed by atoms with Gasteiger partial charge >= 0.3 is 47.8 Å². The molecule has 0 saturated heterocycles. The van der Waals surface area contributed by atoms with Gasteiger partial charge < -0.3 is 40.9 Å². The quantitative estimate of drug-likeness (QED) is 0.152. The zero-order chi connectivity index (χ0) is 26.3. The molecule has 0 saturated carbocycles. The van der Waals surface area contributed by atoms with Crippen LogP contribution in [0.25, 0.3) is 0 Å². The smallest absolute Gasteiger partial charge is 0.328 e. The van der Waals surface area contributed by atoms with Gasteiger partial charge in [-0.25, -0.2) is 38.4 Å². The monoisotopic (exact) mass is 604 g/mol. The van der Waals surface area contributed by atoms with Crippen molar-refractivity contribution in [3.05, 3.63) is 48.6 Å². The van der Waals surface area contributed by atoms with Crippen molar-refractivity contribution in [1.29, 1.82) is 0 Å². The first-order valence-corrected chi connectivity index (χ1v) is 7.06.